The lowest BCUT2D eigenvalue weighted by molar-refractivity contribution is 0.589. The number of nitrogens with zero attached hydrogens (tertiary/aromatic N) is 4. The van der Waals surface area contributed by atoms with Gasteiger partial charge in [0.15, 0.2) is 11.7 Å². The minimum absolute atomic E-state index is 0.228. The average Bonchev–Trinajstić information content (AvgIpc) is 2.50. The van der Waals surface area contributed by atoms with Crippen LogP contribution in [0.25, 0.3) is 0 Å². The van der Waals surface area contributed by atoms with Gasteiger partial charge in [-0.2, -0.15) is 5.10 Å². The van der Waals surface area contributed by atoms with Crippen LogP contribution in [0.4, 0.5) is 0 Å². The second kappa shape index (κ2) is 5.44. The van der Waals surface area contributed by atoms with Crippen molar-refractivity contribution >= 4 is 33.8 Å². The molecule has 0 bridgehead atoms. The van der Waals surface area contributed by atoms with Gasteiger partial charge in [0.2, 0.25) is 0 Å². The smallest absolute Gasteiger partial charge is 0.193 e. The molecule has 1 N–H and O–H groups in total. The summed E-state index contributed by atoms with van der Waals surface area (Å²) in [6.45, 7) is 4.97. The third-order valence-corrected chi connectivity index (χ3v) is 2.99. The Kier molecular flexibility index (Phi) is 3.93. The molecule has 0 amide bonds. The molecule has 0 saturated carbocycles. The molecule has 0 spiro atoms. The Morgan fingerprint density at radius 2 is 2.47 bits per heavy atom. The maximum Gasteiger partial charge on any atom is 0.193 e. The molecule has 0 saturated heterocycles. The van der Waals surface area contributed by atoms with E-state index in [4.69, 9.17) is 0 Å². The predicted molar refractivity (Wildman–Crippen MR) is 74.6 cm³/mol. The molecule has 5 nitrogen and oxygen atoms in total. The number of fused-ring (bicyclic) bond motifs is 1. The van der Waals surface area contributed by atoms with Crippen molar-refractivity contribution in [2.75, 3.05) is 6.54 Å². The quantitative estimate of drug-likeness (QED) is 0.793. The second-order valence-corrected chi connectivity index (χ2v) is 4.80. The van der Waals surface area contributed by atoms with Crippen molar-refractivity contribution in [1.82, 2.24) is 10.3 Å². The molecule has 0 aromatic rings. The first kappa shape index (κ1) is 12.3. The molecule has 2 aliphatic heterocycles. The lowest BCUT2D eigenvalue weighted by Crippen LogP contribution is -2.42. The third-order valence-electron chi connectivity index (χ3n) is 2.42. The summed E-state index contributed by atoms with van der Waals surface area (Å²) < 4.78 is 0.844. The maximum absolute atomic E-state index is 4.64. The number of hydrogen-bond donors (Lipinski definition) is 1. The summed E-state index contributed by atoms with van der Waals surface area (Å²) in [6.07, 6.45) is 5.59. The van der Waals surface area contributed by atoms with Gasteiger partial charge in [0.1, 0.15) is 4.61 Å². The van der Waals surface area contributed by atoms with Crippen LogP contribution < -0.4 is 5.32 Å². The second-order valence-electron chi connectivity index (χ2n) is 3.99. The monoisotopic (exact) mass is 297 g/mol. The molecular formula is C11H16BrN5. The fraction of sp³-hybridized carbons (Fsp3) is 0.545. The van der Waals surface area contributed by atoms with E-state index in [9.17, 15) is 0 Å². The van der Waals surface area contributed by atoms with Crippen molar-refractivity contribution in [3.8, 4) is 0 Å². The fourth-order valence-corrected chi connectivity index (χ4v) is 1.94. The van der Waals surface area contributed by atoms with E-state index < -0.39 is 0 Å². The summed E-state index contributed by atoms with van der Waals surface area (Å²) in [4.78, 5) is 9.13. The minimum Gasteiger partial charge on any atom is -0.341 e. The highest BCUT2D eigenvalue weighted by Crippen LogP contribution is 2.19. The van der Waals surface area contributed by atoms with Gasteiger partial charge in [-0.15, -0.1) is 0 Å². The molecule has 0 aromatic heterocycles. The Morgan fingerprint density at radius 3 is 3.24 bits per heavy atom. The van der Waals surface area contributed by atoms with Crippen LogP contribution in [-0.4, -0.2) is 35.5 Å². The van der Waals surface area contributed by atoms with Crippen LogP contribution in [0.15, 0.2) is 25.9 Å². The van der Waals surface area contributed by atoms with Crippen molar-refractivity contribution in [3.05, 3.63) is 10.8 Å². The zero-order valence-electron chi connectivity index (χ0n) is 10.0. The number of nitrogens with one attached hydrogen (secondary N) is 1. The molecule has 92 valence electrons. The number of hydrazone groups is 1. The summed E-state index contributed by atoms with van der Waals surface area (Å²) in [6, 6.07) is 0.228. The Hall–Kier alpha value is -1.17. The molecule has 2 aliphatic rings. The Labute approximate surface area is 110 Å². The predicted octanol–water partition coefficient (Wildman–Crippen LogP) is 2.07. The Morgan fingerprint density at radius 1 is 1.65 bits per heavy atom. The van der Waals surface area contributed by atoms with E-state index in [1.165, 1.54) is 0 Å². The van der Waals surface area contributed by atoms with Crippen LogP contribution in [0.5, 0.6) is 0 Å². The highest BCUT2D eigenvalue weighted by atomic mass is 79.9. The van der Waals surface area contributed by atoms with E-state index in [-0.39, 0.29) is 6.04 Å². The van der Waals surface area contributed by atoms with Crippen LogP contribution in [0, 0.1) is 0 Å². The summed E-state index contributed by atoms with van der Waals surface area (Å²) in [5.74, 6) is 1.58. The number of hydrogen-bond acceptors (Lipinski definition) is 4. The molecule has 6 heteroatoms. The van der Waals surface area contributed by atoms with E-state index in [1.54, 1.807) is 5.01 Å². The lowest BCUT2D eigenvalue weighted by atomic mass is 10.2. The van der Waals surface area contributed by atoms with Gasteiger partial charge >= 0.3 is 0 Å². The highest BCUT2D eigenvalue weighted by molar-refractivity contribution is 9.11. The zero-order valence-corrected chi connectivity index (χ0v) is 11.6. The minimum atomic E-state index is 0.228. The van der Waals surface area contributed by atoms with E-state index in [0.717, 1.165) is 35.7 Å². The highest BCUT2D eigenvalue weighted by Gasteiger charge is 2.25. The number of rotatable bonds is 2. The van der Waals surface area contributed by atoms with Gasteiger partial charge in [0.05, 0.1) is 6.04 Å². The summed E-state index contributed by atoms with van der Waals surface area (Å²) in [5.41, 5.74) is 0. The molecule has 0 fully saturated rings. The standard InChI is InChI=1S/C11H16BrN5/c1-3-5-13-10-11-16-8(2)4-6-15-17(11)9(12)7-14-10/h6-8H,3-5H2,1-2H3,(H,13,14). The molecule has 1 unspecified atom stereocenters. The molecular weight excluding hydrogens is 282 g/mol. The number of aliphatic imine (C=N–C) groups is 2. The van der Waals surface area contributed by atoms with Crippen molar-refractivity contribution in [1.29, 1.82) is 0 Å². The normalized spacial score (nSPS) is 25.9. The van der Waals surface area contributed by atoms with Gasteiger partial charge in [-0.25, -0.2) is 5.01 Å². The Bertz CT molecular complexity index is 410. The van der Waals surface area contributed by atoms with Crippen LogP contribution >= 0.6 is 15.9 Å². The number of halogens is 1. The first-order valence-corrected chi connectivity index (χ1v) is 6.59. The average molecular weight is 298 g/mol. The molecule has 2 rings (SSSR count). The van der Waals surface area contributed by atoms with Crippen LogP contribution in [0.3, 0.4) is 0 Å². The largest absolute Gasteiger partial charge is 0.341 e. The summed E-state index contributed by atoms with van der Waals surface area (Å²) in [5, 5.41) is 9.29. The molecule has 17 heavy (non-hydrogen) atoms. The third kappa shape index (κ3) is 2.74. The van der Waals surface area contributed by atoms with Crippen LogP contribution in [0.2, 0.25) is 0 Å². The van der Waals surface area contributed by atoms with Crippen molar-refractivity contribution in [2.45, 2.75) is 32.7 Å². The summed E-state index contributed by atoms with van der Waals surface area (Å²) >= 11 is 3.46. The van der Waals surface area contributed by atoms with Gasteiger partial charge in [-0.3, -0.25) is 9.98 Å². The molecule has 0 aliphatic carbocycles. The summed E-state index contributed by atoms with van der Waals surface area (Å²) in [7, 11) is 0. The van der Waals surface area contributed by atoms with Gasteiger partial charge in [0.25, 0.3) is 0 Å². The van der Waals surface area contributed by atoms with Gasteiger partial charge in [0, 0.05) is 25.4 Å². The van der Waals surface area contributed by atoms with Crippen molar-refractivity contribution in [3.63, 3.8) is 0 Å². The maximum atomic E-state index is 4.64. The Balaban J connectivity index is 2.36. The van der Waals surface area contributed by atoms with Gasteiger partial charge in [-0.1, -0.05) is 6.92 Å². The number of amidine groups is 2. The SMILES string of the molecule is CCCN=C1NC=C(Br)N2N=CCC(C)N=C12. The van der Waals surface area contributed by atoms with Crippen molar-refractivity contribution in [2.24, 2.45) is 15.1 Å². The molecule has 2 heterocycles. The van der Waals surface area contributed by atoms with E-state index >= 15 is 0 Å². The van der Waals surface area contributed by atoms with Crippen LogP contribution in [0.1, 0.15) is 26.7 Å². The van der Waals surface area contributed by atoms with Gasteiger partial charge < -0.3 is 5.32 Å². The first-order chi connectivity index (χ1) is 8.22. The fourth-order valence-electron chi connectivity index (χ4n) is 1.56. The van der Waals surface area contributed by atoms with E-state index in [2.05, 4.69) is 50.2 Å². The molecule has 0 radical (unpaired) electrons. The van der Waals surface area contributed by atoms with Crippen LogP contribution in [-0.2, 0) is 0 Å². The van der Waals surface area contributed by atoms with Crippen molar-refractivity contribution < 1.29 is 0 Å². The van der Waals surface area contributed by atoms with Gasteiger partial charge in [-0.05, 0) is 29.3 Å². The van der Waals surface area contributed by atoms with E-state index in [1.807, 2.05) is 12.4 Å². The molecule has 1 atom stereocenters. The first-order valence-electron chi connectivity index (χ1n) is 5.79. The van der Waals surface area contributed by atoms with E-state index in [0.29, 0.717) is 0 Å². The zero-order chi connectivity index (χ0) is 12.3. The topological polar surface area (TPSA) is 52.4 Å². The lowest BCUT2D eigenvalue weighted by Gasteiger charge is -2.25. The molecule has 0 aromatic carbocycles.